The Kier molecular flexibility index (Phi) is 3.40. The molecular weight excluding hydrogens is 295 g/mol. The SMILES string of the molecule is Cn1ccc2cc(-c3ncc(C(F)F)cn3)c(F)cc2c1=O. The quantitative estimate of drug-likeness (QED) is 0.731. The van der Waals surface area contributed by atoms with E-state index in [9.17, 15) is 18.0 Å². The fraction of sp³-hybridized carbons (Fsp3) is 0.133. The first-order valence-electron chi connectivity index (χ1n) is 6.36. The van der Waals surface area contributed by atoms with Gasteiger partial charge in [0.25, 0.3) is 12.0 Å². The Morgan fingerprint density at radius 1 is 1.18 bits per heavy atom. The van der Waals surface area contributed by atoms with Crippen LogP contribution in [0.25, 0.3) is 22.2 Å². The third-order valence-corrected chi connectivity index (χ3v) is 3.33. The molecule has 2 aromatic heterocycles. The van der Waals surface area contributed by atoms with Gasteiger partial charge in [-0.3, -0.25) is 4.79 Å². The van der Waals surface area contributed by atoms with Crippen molar-refractivity contribution in [3.8, 4) is 11.4 Å². The average Bonchev–Trinajstić information content (AvgIpc) is 2.51. The lowest BCUT2D eigenvalue weighted by Gasteiger charge is -2.06. The van der Waals surface area contributed by atoms with Crippen LogP contribution in [0, 0.1) is 5.82 Å². The van der Waals surface area contributed by atoms with Crippen molar-refractivity contribution < 1.29 is 13.2 Å². The molecule has 0 aliphatic rings. The number of halogens is 3. The van der Waals surface area contributed by atoms with Crippen LogP contribution in [0.4, 0.5) is 13.2 Å². The summed E-state index contributed by atoms with van der Waals surface area (Å²) >= 11 is 0. The molecule has 0 bridgehead atoms. The minimum absolute atomic E-state index is 0.00974. The maximum absolute atomic E-state index is 14.2. The number of pyridine rings is 1. The second-order valence-corrected chi connectivity index (χ2v) is 4.79. The van der Waals surface area contributed by atoms with E-state index >= 15 is 0 Å². The fourth-order valence-corrected chi connectivity index (χ4v) is 2.12. The molecule has 0 spiro atoms. The molecule has 0 radical (unpaired) electrons. The number of alkyl halides is 2. The first-order chi connectivity index (χ1) is 10.5. The van der Waals surface area contributed by atoms with Crippen molar-refractivity contribution in [2.75, 3.05) is 0 Å². The first-order valence-corrected chi connectivity index (χ1v) is 6.36. The van der Waals surface area contributed by atoms with Crippen LogP contribution >= 0.6 is 0 Å². The predicted molar refractivity (Wildman–Crippen MR) is 75.1 cm³/mol. The van der Waals surface area contributed by atoms with E-state index in [0.717, 1.165) is 18.5 Å². The Bertz CT molecular complexity index is 904. The molecule has 3 rings (SSSR count). The molecule has 0 N–H and O–H groups in total. The number of aryl methyl sites for hydroxylation is 1. The Morgan fingerprint density at radius 2 is 1.86 bits per heavy atom. The number of rotatable bonds is 2. The highest BCUT2D eigenvalue weighted by Crippen LogP contribution is 2.25. The van der Waals surface area contributed by atoms with E-state index < -0.39 is 12.2 Å². The normalized spacial score (nSPS) is 11.3. The Hall–Kier alpha value is -2.70. The second kappa shape index (κ2) is 5.25. The van der Waals surface area contributed by atoms with Crippen molar-refractivity contribution in [2.45, 2.75) is 6.43 Å². The number of benzene rings is 1. The third-order valence-electron chi connectivity index (χ3n) is 3.33. The summed E-state index contributed by atoms with van der Waals surface area (Å²) in [5.74, 6) is -0.690. The molecule has 0 aliphatic carbocycles. The van der Waals surface area contributed by atoms with Crippen molar-refractivity contribution in [3.63, 3.8) is 0 Å². The molecule has 0 unspecified atom stereocenters. The van der Waals surface area contributed by atoms with Crippen molar-refractivity contribution >= 4 is 10.8 Å². The van der Waals surface area contributed by atoms with Gasteiger partial charge in [-0.1, -0.05) is 0 Å². The monoisotopic (exact) mass is 305 g/mol. The topological polar surface area (TPSA) is 47.8 Å². The lowest BCUT2D eigenvalue weighted by atomic mass is 10.1. The number of hydrogen-bond acceptors (Lipinski definition) is 3. The minimum atomic E-state index is -2.68. The van der Waals surface area contributed by atoms with Gasteiger partial charge in [0.05, 0.1) is 16.5 Å². The largest absolute Gasteiger partial charge is 0.318 e. The number of fused-ring (bicyclic) bond motifs is 1. The Morgan fingerprint density at radius 3 is 2.50 bits per heavy atom. The van der Waals surface area contributed by atoms with Gasteiger partial charge in [0.2, 0.25) is 0 Å². The summed E-state index contributed by atoms with van der Waals surface area (Å²) in [6, 6.07) is 4.20. The van der Waals surface area contributed by atoms with E-state index in [1.807, 2.05) is 0 Å². The van der Waals surface area contributed by atoms with Crippen molar-refractivity contribution in [1.82, 2.24) is 14.5 Å². The van der Waals surface area contributed by atoms with Gasteiger partial charge in [0.1, 0.15) is 5.82 Å². The second-order valence-electron chi connectivity index (χ2n) is 4.79. The van der Waals surface area contributed by atoms with Crippen LogP contribution in [0.2, 0.25) is 0 Å². The van der Waals surface area contributed by atoms with Gasteiger partial charge < -0.3 is 4.57 Å². The maximum atomic E-state index is 14.2. The highest BCUT2D eigenvalue weighted by atomic mass is 19.3. The number of aromatic nitrogens is 3. The lowest BCUT2D eigenvalue weighted by molar-refractivity contribution is 0.150. The van der Waals surface area contributed by atoms with Gasteiger partial charge in [-0.05, 0) is 23.6 Å². The summed E-state index contributed by atoms with van der Waals surface area (Å²) in [5, 5.41) is 0.761. The van der Waals surface area contributed by atoms with E-state index in [1.54, 1.807) is 19.3 Å². The summed E-state index contributed by atoms with van der Waals surface area (Å²) in [6.07, 6.45) is 0.799. The first kappa shape index (κ1) is 14.2. The van der Waals surface area contributed by atoms with Crippen LogP contribution in [0.5, 0.6) is 0 Å². The molecule has 22 heavy (non-hydrogen) atoms. The van der Waals surface area contributed by atoms with E-state index in [-0.39, 0.29) is 27.9 Å². The molecule has 0 fully saturated rings. The zero-order valence-corrected chi connectivity index (χ0v) is 11.4. The molecule has 0 saturated heterocycles. The fourth-order valence-electron chi connectivity index (χ4n) is 2.12. The number of hydrogen-bond donors (Lipinski definition) is 0. The summed E-state index contributed by atoms with van der Waals surface area (Å²) in [4.78, 5) is 19.5. The van der Waals surface area contributed by atoms with E-state index in [4.69, 9.17) is 0 Å². The van der Waals surface area contributed by atoms with Crippen LogP contribution in [0.15, 0.2) is 41.6 Å². The molecule has 0 saturated carbocycles. The average molecular weight is 305 g/mol. The van der Waals surface area contributed by atoms with Gasteiger partial charge in [-0.15, -0.1) is 0 Å². The van der Waals surface area contributed by atoms with Crippen LogP contribution in [-0.2, 0) is 7.05 Å². The van der Waals surface area contributed by atoms with E-state index in [0.29, 0.717) is 5.39 Å². The molecule has 3 aromatic rings. The van der Waals surface area contributed by atoms with Crippen molar-refractivity contribution in [3.05, 3.63) is 58.5 Å². The van der Waals surface area contributed by atoms with Crippen molar-refractivity contribution in [2.24, 2.45) is 7.05 Å². The standard InChI is InChI=1S/C15H10F3N3O/c1-21-3-2-8-4-11(12(16)5-10(8)15(21)22)14-19-6-9(7-20-14)13(17)18/h2-7,13H,1H3. The van der Waals surface area contributed by atoms with Crippen molar-refractivity contribution in [1.29, 1.82) is 0 Å². The van der Waals surface area contributed by atoms with Gasteiger partial charge in [0, 0.05) is 25.6 Å². The van der Waals surface area contributed by atoms with Gasteiger partial charge in [-0.2, -0.15) is 0 Å². The van der Waals surface area contributed by atoms with Crippen LogP contribution in [0.3, 0.4) is 0 Å². The molecule has 0 amide bonds. The zero-order valence-electron chi connectivity index (χ0n) is 11.4. The molecule has 2 heterocycles. The Balaban J connectivity index is 2.17. The highest BCUT2D eigenvalue weighted by Gasteiger charge is 2.14. The molecule has 1 aromatic carbocycles. The molecule has 0 atom stereocenters. The van der Waals surface area contributed by atoms with E-state index in [2.05, 4.69) is 9.97 Å². The van der Waals surface area contributed by atoms with Gasteiger partial charge >= 0.3 is 0 Å². The maximum Gasteiger partial charge on any atom is 0.266 e. The summed E-state index contributed by atoms with van der Waals surface area (Å²) in [7, 11) is 1.57. The molecule has 4 nitrogen and oxygen atoms in total. The summed E-state index contributed by atoms with van der Waals surface area (Å²) < 4.78 is 40.5. The van der Waals surface area contributed by atoms with Gasteiger partial charge in [-0.25, -0.2) is 23.1 Å². The third kappa shape index (κ3) is 2.34. The lowest BCUT2D eigenvalue weighted by Crippen LogP contribution is -2.15. The molecule has 0 aliphatic heterocycles. The highest BCUT2D eigenvalue weighted by molar-refractivity contribution is 5.85. The smallest absolute Gasteiger partial charge is 0.266 e. The summed E-state index contributed by atoms with van der Waals surface area (Å²) in [6.45, 7) is 0. The molecule has 7 heteroatoms. The zero-order chi connectivity index (χ0) is 15.9. The predicted octanol–water partition coefficient (Wildman–Crippen LogP) is 3.07. The summed E-state index contributed by atoms with van der Waals surface area (Å²) in [5.41, 5.74) is -0.600. The number of nitrogens with zero attached hydrogens (tertiary/aromatic N) is 3. The Labute approximate surface area is 122 Å². The van der Waals surface area contributed by atoms with Gasteiger partial charge in [0.15, 0.2) is 5.82 Å². The molecular formula is C15H10F3N3O. The van der Waals surface area contributed by atoms with Crippen LogP contribution in [0.1, 0.15) is 12.0 Å². The van der Waals surface area contributed by atoms with E-state index in [1.165, 1.54) is 10.6 Å². The van der Waals surface area contributed by atoms with Crippen LogP contribution < -0.4 is 5.56 Å². The molecule has 112 valence electrons. The minimum Gasteiger partial charge on any atom is -0.318 e. The van der Waals surface area contributed by atoms with Crippen LogP contribution in [-0.4, -0.2) is 14.5 Å².